The van der Waals surface area contributed by atoms with E-state index in [0.29, 0.717) is 10.6 Å². The van der Waals surface area contributed by atoms with Crippen LogP contribution in [0.3, 0.4) is 0 Å². The van der Waals surface area contributed by atoms with Gasteiger partial charge in [-0.2, -0.15) is 9.68 Å². The molecule has 0 N–H and O–H groups in total. The van der Waals surface area contributed by atoms with Crippen LogP contribution in [0.25, 0.3) is 0 Å². The Kier molecular flexibility index (Phi) is 8.44. The van der Waals surface area contributed by atoms with E-state index in [1.54, 1.807) is 0 Å². The summed E-state index contributed by atoms with van der Waals surface area (Å²) in [5, 5.41) is 0. The van der Waals surface area contributed by atoms with Crippen LogP contribution in [0.1, 0.15) is 53.4 Å². The highest BCUT2D eigenvalue weighted by molar-refractivity contribution is 7.05. The number of hydrogen-bond donors (Lipinski definition) is 0. The molecule has 0 aromatic carbocycles. The summed E-state index contributed by atoms with van der Waals surface area (Å²) in [5.41, 5.74) is 0. The van der Waals surface area contributed by atoms with Gasteiger partial charge in [0, 0.05) is 18.6 Å². The highest BCUT2D eigenvalue weighted by Crippen LogP contribution is 2.26. The Bertz CT molecular complexity index is 238. The standard InChI is InChI=1S/C13H32NO3Si2/c1-5-10-13(6-2)17-18-19-12-9-11-14(19,15-7-3)16-8-4/h13,19H,5-12,18H2,1-4H3/q+1. The third-order valence-electron chi connectivity index (χ3n) is 3.85. The lowest BCUT2D eigenvalue weighted by Gasteiger charge is -2.34. The Morgan fingerprint density at radius 2 is 1.84 bits per heavy atom. The van der Waals surface area contributed by atoms with Crippen LogP contribution in [0.2, 0.25) is 6.04 Å². The van der Waals surface area contributed by atoms with Crippen LogP contribution < -0.4 is 0 Å². The van der Waals surface area contributed by atoms with Gasteiger partial charge in [0.15, 0.2) is 0 Å². The fraction of sp³-hybridized carbons (Fsp3) is 1.00. The molecule has 1 aliphatic rings. The van der Waals surface area contributed by atoms with E-state index in [1.165, 1.54) is 25.3 Å². The molecule has 4 nitrogen and oxygen atoms in total. The molecular formula is C13H32NO3Si2+. The third-order valence-corrected chi connectivity index (χ3v) is 12.3. The Hall–Kier alpha value is 0.274. The van der Waals surface area contributed by atoms with E-state index in [4.69, 9.17) is 14.1 Å². The topological polar surface area (TPSA) is 27.7 Å². The largest absolute Gasteiger partial charge is 0.417 e. The van der Waals surface area contributed by atoms with E-state index in [-0.39, 0.29) is 0 Å². The number of hydroxylamine groups is 2. The zero-order valence-corrected chi connectivity index (χ0v) is 15.8. The van der Waals surface area contributed by atoms with Crippen molar-refractivity contribution in [2.75, 3.05) is 19.8 Å². The Balaban J connectivity index is 2.53. The lowest BCUT2D eigenvalue weighted by atomic mass is 10.2. The number of rotatable bonds is 10. The minimum absolute atomic E-state index is 0.475. The van der Waals surface area contributed by atoms with Crippen LogP contribution in [0.4, 0.5) is 0 Å². The normalized spacial score (nSPS) is 24.3. The van der Waals surface area contributed by atoms with Gasteiger partial charge in [0.05, 0.1) is 0 Å². The molecule has 6 heteroatoms. The van der Waals surface area contributed by atoms with Crippen LogP contribution in [0.5, 0.6) is 0 Å². The van der Waals surface area contributed by atoms with Crippen molar-refractivity contribution in [1.29, 1.82) is 0 Å². The Labute approximate surface area is 122 Å². The van der Waals surface area contributed by atoms with E-state index in [1.807, 2.05) is 0 Å². The van der Waals surface area contributed by atoms with Crippen molar-refractivity contribution in [3.05, 3.63) is 0 Å². The van der Waals surface area contributed by atoms with Crippen LogP contribution in [0, 0.1) is 0 Å². The van der Waals surface area contributed by atoms with Gasteiger partial charge in [-0.15, -0.1) is 0 Å². The fourth-order valence-electron chi connectivity index (χ4n) is 2.91. The van der Waals surface area contributed by atoms with Gasteiger partial charge in [0.1, 0.15) is 19.8 Å². The first kappa shape index (κ1) is 17.3. The summed E-state index contributed by atoms with van der Waals surface area (Å²) >= 11 is 0. The van der Waals surface area contributed by atoms with E-state index >= 15 is 0 Å². The molecule has 0 aromatic rings. The summed E-state index contributed by atoms with van der Waals surface area (Å²) in [4.78, 5) is 12.0. The first-order chi connectivity index (χ1) is 9.22. The summed E-state index contributed by atoms with van der Waals surface area (Å²) in [7, 11) is -1.53. The van der Waals surface area contributed by atoms with Crippen molar-refractivity contribution in [3.8, 4) is 0 Å². The average molecular weight is 307 g/mol. The lowest BCUT2D eigenvalue weighted by molar-refractivity contribution is -1.17. The second kappa shape index (κ2) is 9.25. The van der Waals surface area contributed by atoms with Crippen molar-refractivity contribution >= 4 is 17.8 Å². The molecule has 1 heterocycles. The third kappa shape index (κ3) is 4.95. The van der Waals surface area contributed by atoms with Crippen LogP contribution >= 0.6 is 0 Å². The van der Waals surface area contributed by atoms with E-state index < -0.39 is 17.8 Å². The molecule has 1 rings (SSSR count). The molecule has 0 saturated carbocycles. The molecule has 2 atom stereocenters. The number of nitrogens with zero attached hydrogens (tertiary/aromatic N) is 1. The van der Waals surface area contributed by atoms with Crippen molar-refractivity contribution in [2.24, 2.45) is 0 Å². The molecule has 0 spiro atoms. The van der Waals surface area contributed by atoms with Gasteiger partial charge >= 0.3 is 8.48 Å². The van der Waals surface area contributed by atoms with Crippen molar-refractivity contribution in [3.63, 3.8) is 0 Å². The van der Waals surface area contributed by atoms with Gasteiger partial charge < -0.3 is 4.43 Å². The second-order valence-corrected chi connectivity index (χ2v) is 12.4. The smallest absolute Gasteiger partial charge is 0.341 e. The molecular weight excluding hydrogens is 274 g/mol. The summed E-state index contributed by atoms with van der Waals surface area (Å²) in [6.45, 7) is 11.1. The highest BCUT2D eigenvalue weighted by atomic mass is 29.2. The first-order valence-corrected chi connectivity index (χ1v) is 13.2. The molecule has 2 unspecified atom stereocenters. The summed E-state index contributed by atoms with van der Waals surface area (Å²) in [6.07, 6.45) is 5.29. The molecule has 0 aromatic heterocycles. The monoisotopic (exact) mass is 306 g/mol. The predicted octanol–water partition coefficient (Wildman–Crippen LogP) is 2.01. The maximum atomic E-state index is 6.29. The maximum Gasteiger partial charge on any atom is 0.341 e. The number of quaternary nitrogens is 1. The lowest BCUT2D eigenvalue weighted by Crippen LogP contribution is -2.58. The molecule has 1 aliphatic heterocycles. The zero-order valence-electron chi connectivity index (χ0n) is 13.2. The second-order valence-electron chi connectivity index (χ2n) is 5.23. The van der Waals surface area contributed by atoms with Crippen molar-refractivity contribution in [1.82, 2.24) is 0 Å². The fourth-order valence-corrected chi connectivity index (χ4v) is 11.2. The number of hydrogen-bond acceptors (Lipinski definition) is 3. The minimum Gasteiger partial charge on any atom is -0.417 e. The van der Waals surface area contributed by atoms with Gasteiger partial charge in [0.2, 0.25) is 9.28 Å². The van der Waals surface area contributed by atoms with Crippen molar-refractivity contribution < 1.29 is 18.6 Å². The molecule has 1 saturated heterocycles. The molecule has 0 bridgehead atoms. The summed E-state index contributed by atoms with van der Waals surface area (Å²) in [5.74, 6) is 0. The molecule has 114 valence electrons. The maximum absolute atomic E-state index is 6.29. The van der Waals surface area contributed by atoms with Gasteiger partial charge in [0.25, 0.3) is 0 Å². The summed E-state index contributed by atoms with van der Waals surface area (Å²) < 4.78 is 6.83. The predicted molar refractivity (Wildman–Crippen MR) is 83.6 cm³/mol. The SMILES string of the molecule is CCCC(CC)O[SiH2][SiH]1CCC[N+]1(OCC)OCC. The van der Waals surface area contributed by atoms with Crippen molar-refractivity contribution in [2.45, 2.75) is 65.5 Å². The molecule has 0 amide bonds. The average Bonchev–Trinajstić information content (AvgIpc) is 2.78. The van der Waals surface area contributed by atoms with E-state index in [2.05, 4.69) is 27.7 Å². The van der Waals surface area contributed by atoms with E-state index in [0.717, 1.165) is 26.2 Å². The van der Waals surface area contributed by atoms with Gasteiger partial charge in [-0.3, -0.25) is 0 Å². The van der Waals surface area contributed by atoms with Crippen LogP contribution in [-0.4, -0.2) is 48.1 Å². The first-order valence-electron chi connectivity index (χ1n) is 8.00. The van der Waals surface area contributed by atoms with Gasteiger partial charge in [-0.25, -0.2) is 0 Å². The summed E-state index contributed by atoms with van der Waals surface area (Å²) in [6, 6.07) is 1.33. The van der Waals surface area contributed by atoms with Crippen LogP contribution in [-0.2, 0) is 14.1 Å². The molecule has 0 aliphatic carbocycles. The van der Waals surface area contributed by atoms with Crippen LogP contribution in [0.15, 0.2) is 0 Å². The minimum atomic E-state index is -1.05. The van der Waals surface area contributed by atoms with E-state index in [9.17, 15) is 0 Å². The molecule has 0 radical (unpaired) electrons. The van der Waals surface area contributed by atoms with Gasteiger partial charge in [-0.05, 0) is 26.7 Å². The van der Waals surface area contributed by atoms with Gasteiger partial charge in [-0.1, -0.05) is 24.7 Å². The Morgan fingerprint density at radius 1 is 1.16 bits per heavy atom. The molecule has 1 fully saturated rings. The zero-order chi connectivity index (χ0) is 14.1. The Morgan fingerprint density at radius 3 is 2.37 bits per heavy atom. The highest BCUT2D eigenvalue weighted by Gasteiger charge is 2.49. The quantitative estimate of drug-likeness (QED) is 0.578. The molecule has 19 heavy (non-hydrogen) atoms.